The van der Waals surface area contributed by atoms with Crippen LogP contribution in [-0.2, 0) is 0 Å². The van der Waals surface area contributed by atoms with Crippen LogP contribution < -0.4 is 28.4 Å². The van der Waals surface area contributed by atoms with E-state index in [1.165, 1.54) is 314 Å². The number of hydrogen-bond donors (Lipinski definition) is 3. The van der Waals surface area contributed by atoms with Crippen LogP contribution >= 0.6 is 0 Å². The van der Waals surface area contributed by atoms with Gasteiger partial charge in [0.1, 0.15) is 5.76 Å². The number of carbonyl (C=O) groups is 1. The Kier molecular flexibility index (Phi) is 58.1. The van der Waals surface area contributed by atoms with Gasteiger partial charge in [-0.25, -0.2) is 0 Å². The molecule has 10 heteroatoms. The Morgan fingerprint density at radius 2 is 0.457 bits per heavy atom. The molecule has 0 unspecified atom stereocenters. The fourth-order valence-electron chi connectivity index (χ4n) is 14.5. The molecular weight excluding hydrogens is 1300 g/mol. The van der Waals surface area contributed by atoms with Crippen LogP contribution in [0.2, 0.25) is 0 Å². The number of unbranched alkanes of at least 4 members (excludes halogenated alkanes) is 54. The molecule has 0 aliphatic rings. The summed E-state index contributed by atoms with van der Waals surface area (Å²) in [5.74, 6) is 3.62. The van der Waals surface area contributed by atoms with Crippen LogP contribution in [0.3, 0.4) is 0 Å². The maximum absolute atomic E-state index is 14.3. The Labute approximate surface area is 645 Å². The van der Waals surface area contributed by atoms with E-state index in [-0.39, 0.29) is 11.5 Å². The summed E-state index contributed by atoms with van der Waals surface area (Å²) < 4.78 is 40.6. The first-order valence-corrected chi connectivity index (χ1v) is 45.3. The number of allylic oxidation sites excluding steroid dienone is 1. The fourth-order valence-corrected chi connectivity index (χ4v) is 14.5. The molecule has 0 aliphatic heterocycles. The summed E-state index contributed by atoms with van der Waals surface area (Å²) in [5.41, 5.74) is 4.07. The van der Waals surface area contributed by atoms with Gasteiger partial charge in [-0.1, -0.05) is 388 Å². The van der Waals surface area contributed by atoms with Crippen LogP contribution in [0.5, 0.6) is 34.5 Å². The molecule has 0 saturated carbocycles. The first-order valence-electron chi connectivity index (χ1n) is 45.3. The lowest BCUT2D eigenvalue weighted by atomic mass is 10.1. The second-order valence-corrected chi connectivity index (χ2v) is 31.3. The minimum atomic E-state index is -0.338. The number of aromatic nitrogens is 2. The van der Waals surface area contributed by atoms with Crippen molar-refractivity contribution in [2.45, 2.75) is 427 Å². The van der Waals surface area contributed by atoms with Crippen LogP contribution in [0, 0.1) is 0 Å². The molecule has 0 aliphatic carbocycles. The van der Waals surface area contributed by atoms with Crippen LogP contribution in [0.1, 0.15) is 443 Å². The van der Waals surface area contributed by atoms with E-state index in [0.29, 0.717) is 85.5 Å². The lowest BCUT2D eigenvalue weighted by molar-refractivity contribution is 0.104. The molecule has 600 valence electrons. The van der Waals surface area contributed by atoms with Crippen LogP contribution in [0.25, 0.3) is 28.3 Å². The molecule has 4 aromatic rings. The molecular formula is C95H162N2O8. The molecule has 3 N–H and O–H groups in total. The number of aliphatic hydroxyl groups is 1. The number of aromatic amines is 2. The molecule has 0 bridgehead atoms. The molecule has 2 aromatic heterocycles. The maximum atomic E-state index is 14.3. The Bertz CT molecular complexity index is 2580. The topological polar surface area (TPSA) is 124 Å². The third-order valence-corrected chi connectivity index (χ3v) is 21.4. The third kappa shape index (κ3) is 45.6. The number of nitrogens with one attached hydrogen (secondary N) is 2. The molecule has 2 heterocycles. The molecule has 0 saturated heterocycles. The van der Waals surface area contributed by atoms with E-state index < -0.39 is 0 Å². The van der Waals surface area contributed by atoms with Crippen LogP contribution in [-0.4, -0.2) is 60.5 Å². The second kappa shape index (κ2) is 66.0. The molecule has 10 nitrogen and oxygen atoms in total. The van der Waals surface area contributed by atoms with E-state index in [2.05, 4.69) is 75.8 Å². The lowest BCUT2D eigenvalue weighted by Crippen LogP contribution is -2.07. The van der Waals surface area contributed by atoms with Gasteiger partial charge in [0, 0.05) is 28.6 Å². The highest BCUT2D eigenvalue weighted by molar-refractivity contribution is 6.07. The highest BCUT2D eigenvalue weighted by Gasteiger charge is 2.22. The van der Waals surface area contributed by atoms with Gasteiger partial charge in [0.25, 0.3) is 0 Å². The summed E-state index contributed by atoms with van der Waals surface area (Å²) in [6, 6.07) is 15.8. The molecule has 0 fully saturated rings. The lowest BCUT2D eigenvalue weighted by Gasteiger charge is -2.19. The maximum Gasteiger partial charge on any atom is 0.205 e. The third-order valence-electron chi connectivity index (χ3n) is 21.4. The van der Waals surface area contributed by atoms with Crippen molar-refractivity contribution in [2.24, 2.45) is 0 Å². The summed E-state index contributed by atoms with van der Waals surface area (Å²) in [5, 5.41) is 11.8. The Hall–Kier alpha value is -4.99. The van der Waals surface area contributed by atoms with E-state index in [0.717, 1.165) is 99.6 Å². The van der Waals surface area contributed by atoms with Crippen molar-refractivity contribution in [1.29, 1.82) is 0 Å². The van der Waals surface area contributed by atoms with Crippen LogP contribution in [0.4, 0.5) is 0 Å². The first kappa shape index (κ1) is 92.4. The van der Waals surface area contributed by atoms with Crippen molar-refractivity contribution in [3.63, 3.8) is 0 Å². The van der Waals surface area contributed by atoms with Gasteiger partial charge in [0.05, 0.1) is 51.0 Å². The van der Waals surface area contributed by atoms with Crippen molar-refractivity contribution >= 4 is 11.5 Å². The number of hydrogen-bond acceptors (Lipinski definition) is 8. The second-order valence-electron chi connectivity index (χ2n) is 31.3. The first-order chi connectivity index (χ1) is 51.9. The monoisotopic (exact) mass is 1460 g/mol. The molecule has 2 aromatic carbocycles. The van der Waals surface area contributed by atoms with Gasteiger partial charge < -0.3 is 43.5 Å². The molecule has 0 radical (unpaired) electrons. The standard InChI is InChI=1S/C95H162N2O8/c1-7-13-19-25-31-37-43-49-55-61-71-100-90-77-82(78-91(101-72-62-56-50-44-38-32-26-20-14-8-2)94(90)104-75-65-59-53-47-41-35-29-23-17-11-5)84-67-69-86(96-84)88(98)81-89(99)87-70-68-85(97-87)83-79-92(102-73-63-57-51-45-39-33-27-21-15-9-3)95(105-76-66-60-54-48-42-36-30-24-18-12-6)93(80-83)103-74-64-58-52-46-40-34-28-22-16-10-4/h67-70,77-81,96-98H,7-66,71-76H2,1-6H3/b88-81-. The van der Waals surface area contributed by atoms with E-state index in [1.807, 2.05) is 18.2 Å². The minimum absolute atomic E-state index is 0.150. The van der Waals surface area contributed by atoms with Crippen molar-refractivity contribution in [2.75, 3.05) is 39.6 Å². The Morgan fingerprint density at radius 3 is 0.686 bits per heavy atom. The van der Waals surface area contributed by atoms with Gasteiger partial charge in [0.15, 0.2) is 23.0 Å². The predicted molar refractivity (Wildman–Crippen MR) is 451 cm³/mol. The van der Waals surface area contributed by atoms with Crippen molar-refractivity contribution < 1.29 is 38.3 Å². The summed E-state index contributed by atoms with van der Waals surface area (Å²) in [7, 11) is 0. The molecule has 4 rings (SSSR count). The summed E-state index contributed by atoms with van der Waals surface area (Å²) >= 11 is 0. The number of ketones is 1. The number of aliphatic hydroxyl groups excluding tert-OH is 1. The predicted octanol–water partition coefficient (Wildman–Crippen LogP) is 31.3. The average molecular weight is 1460 g/mol. The van der Waals surface area contributed by atoms with Crippen LogP contribution in [0.15, 0.2) is 54.6 Å². The zero-order chi connectivity index (χ0) is 74.8. The van der Waals surface area contributed by atoms with E-state index in [1.54, 1.807) is 6.07 Å². The largest absolute Gasteiger partial charge is 0.506 e. The number of carbonyl (C=O) groups excluding carboxylic acids is 1. The zero-order valence-electron chi connectivity index (χ0n) is 69.2. The van der Waals surface area contributed by atoms with Gasteiger partial charge in [-0.2, -0.15) is 0 Å². The average Bonchev–Trinajstić information content (AvgIpc) is 1.80. The van der Waals surface area contributed by atoms with Gasteiger partial charge in [0.2, 0.25) is 17.3 Å². The highest BCUT2D eigenvalue weighted by Crippen LogP contribution is 2.44. The van der Waals surface area contributed by atoms with Gasteiger partial charge in [-0.05, 0) is 87.1 Å². The summed E-state index contributed by atoms with van der Waals surface area (Å²) in [6.45, 7) is 17.3. The van der Waals surface area contributed by atoms with Crippen molar-refractivity contribution in [1.82, 2.24) is 9.97 Å². The van der Waals surface area contributed by atoms with E-state index >= 15 is 0 Å². The molecule has 0 atom stereocenters. The van der Waals surface area contributed by atoms with Gasteiger partial charge >= 0.3 is 0 Å². The number of H-pyrrole nitrogens is 2. The van der Waals surface area contributed by atoms with Gasteiger partial charge in [-0.15, -0.1) is 0 Å². The van der Waals surface area contributed by atoms with Crippen molar-refractivity contribution in [3.8, 4) is 57.0 Å². The summed E-state index contributed by atoms with van der Waals surface area (Å²) in [6.07, 6.45) is 76.9. The normalized spacial score (nSPS) is 11.7. The van der Waals surface area contributed by atoms with Crippen molar-refractivity contribution in [3.05, 3.63) is 66.0 Å². The minimum Gasteiger partial charge on any atom is -0.506 e. The fraction of sp³-hybridized carbons (Fsp3) is 0.758. The molecule has 0 amide bonds. The quantitative estimate of drug-likeness (QED) is 0.0173. The zero-order valence-corrected chi connectivity index (χ0v) is 69.2. The Morgan fingerprint density at radius 1 is 0.267 bits per heavy atom. The Balaban J connectivity index is 1.59. The summed E-state index contributed by atoms with van der Waals surface area (Å²) in [4.78, 5) is 21.2. The molecule has 105 heavy (non-hydrogen) atoms. The number of ether oxygens (including phenoxy) is 6. The highest BCUT2D eigenvalue weighted by atomic mass is 16.5. The van der Waals surface area contributed by atoms with Gasteiger partial charge in [-0.3, -0.25) is 4.79 Å². The smallest absolute Gasteiger partial charge is 0.205 e. The SMILES string of the molecule is CCCCCCCCCCCCOc1cc(-c2ccc(C(=O)/C=C(\O)c3ccc(-c4cc(OCCCCCCCCCCCC)c(OCCCCCCCCCCCC)c(OCCCCCCCCCCCC)c4)[nH]3)[nH]2)cc(OCCCCCCCCCCCC)c1OCCCCCCCCCCCC. The molecule has 0 spiro atoms. The van der Waals surface area contributed by atoms with E-state index in [9.17, 15) is 9.90 Å². The van der Waals surface area contributed by atoms with E-state index in [4.69, 9.17) is 28.4 Å². The number of rotatable bonds is 77. The number of benzene rings is 2.